The lowest BCUT2D eigenvalue weighted by Crippen LogP contribution is -2.35. The quantitative estimate of drug-likeness (QED) is 0.771. The molecule has 1 aromatic rings. The fourth-order valence-electron chi connectivity index (χ4n) is 2.16. The van der Waals surface area contributed by atoms with Crippen LogP contribution < -0.4 is 5.73 Å². The average molecular weight is 218 g/mol. The predicted molar refractivity (Wildman–Crippen MR) is 64.9 cm³/mol. The zero-order chi connectivity index (χ0) is 11.5. The molecule has 3 heteroatoms. The minimum absolute atomic E-state index is 0.268. The van der Waals surface area contributed by atoms with Crippen LogP contribution in [0.1, 0.15) is 30.9 Å². The number of amides is 1. The summed E-state index contributed by atoms with van der Waals surface area (Å²) >= 11 is 0. The Kier molecular flexibility index (Phi) is 3.13. The smallest absolute Gasteiger partial charge is 0.222 e. The molecule has 2 N–H and O–H groups in total. The Morgan fingerprint density at radius 3 is 3.00 bits per heavy atom. The van der Waals surface area contributed by atoms with Crippen LogP contribution in [0.4, 0.5) is 5.69 Å². The van der Waals surface area contributed by atoms with Crippen LogP contribution in [0.2, 0.25) is 0 Å². The predicted octanol–water partition coefficient (Wildman–Crippen LogP) is 1.95. The van der Waals surface area contributed by atoms with Gasteiger partial charge in [-0.15, -0.1) is 0 Å². The number of hydrogen-bond acceptors (Lipinski definition) is 2. The van der Waals surface area contributed by atoms with Crippen LogP contribution >= 0.6 is 0 Å². The van der Waals surface area contributed by atoms with Crippen molar-refractivity contribution in [2.75, 3.05) is 12.3 Å². The molecular weight excluding hydrogens is 200 g/mol. The molecule has 0 bridgehead atoms. The molecule has 16 heavy (non-hydrogen) atoms. The largest absolute Gasteiger partial charge is 0.399 e. The third-order valence-corrected chi connectivity index (χ3v) is 3.06. The molecule has 86 valence electrons. The Morgan fingerprint density at radius 1 is 1.44 bits per heavy atom. The highest BCUT2D eigenvalue weighted by Gasteiger charge is 2.19. The van der Waals surface area contributed by atoms with Gasteiger partial charge in [0, 0.05) is 25.2 Å². The van der Waals surface area contributed by atoms with Crippen LogP contribution in [-0.4, -0.2) is 17.4 Å². The molecular formula is C13H18N2O. The van der Waals surface area contributed by atoms with Crippen LogP contribution in [0.5, 0.6) is 0 Å². The van der Waals surface area contributed by atoms with Crippen molar-refractivity contribution < 1.29 is 4.79 Å². The lowest BCUT2D eigenvalue weighted by atomic mass is 9.99. The Labute approximate surface area is 96.2 Å². The van der Waals surface area contributed by atoms with Gasteiger partial charge in [0.15, 0.2) is 0 Å². The van der Waals surface area contributed by atoms with E-state index in [-0.39, 0.29) is 5.91 Å². The van der Waals surface area contributed by atoms with Gasteiger partial charge in [-0.1, -0.05) is 13.0 Å². The highest BCUT2D eigenvalue weighted by Crippen LogP contribution is 2.21. The molecule has 0 saturated heterocycles. The van der Waals surface area contributed by atoms with Gasteiger partial charge in [0.1, 0.15) is 0 Å². The topological polar surface area (TPSA) is 46.3 Å². The van der Waals surface area contributed by atoms with Gasteiger partial charge in [0.25, 0.3) is 0 Å². The van der Waals surface area contributed by atoms with Gasteiger partial charge in [-0.3, -0.25) is 4.79 Å². The first-order valence-corrected chi connectivity index (χ1v) is 5.85. The van der Waals surface area contributed by atoms with Crippen molar-refractivity contribution in [3.63, 3.8) is 0 Å². The average Bonchev–Trinajstić information content (AvgIpc) is 2.28. The SMILES string of the molecule is CCCC(=O)N1CCc2cc(N)ccc2C1. The lowest BCUT2D eigenvalue weighted by molar-refractivity contribution is -0.132. The molecule has 1 amide bonds. The van der Waals surface area contributed by atoms with E-state index in [4.69, 9.17) is 5.73 Å². The second-order valence-corrected chi connectivity index (χ2v) is 4.34. The second-order valence-electron chi connectivity index (χ2n) is 4.34. The summed E-state index contributed by atoms with van der Waals surface area (Å²) in [5.74, 6) is 0.268. The number of carbonyl (C=O) groups excluding carboxylic acids is 1. The monoisotopic (exact) mass is 218 g/mol. The van der Waals surface area contributed by atoms with E-state index in [9.17, 15) is 4.79 Å². The van der Waals surface area contributed by atoms with Crippen molar-refractivity contribution in [1.29, 1.82) is 0 Å². The van der Waals surface area contributed by atoms with Gasteiger partial charge in [0.05, 0.1) is 0 Å². The summed E-state index contributed by atoms with van der Waals surface area (Å²) in [6, 6.07) is 5.97. The molecule has 0 spiro atoms. The number of carbonyl (C=O) groups is 1. The van der Waals surface area contributed by atoms with Crippen LogP contribution in [-0.2, 0) is 17.8 Å². The number of rotatable bonds is 2. The van der Waals surface area contributed by atoms with Crippen LogP contribution in [0.25, 0.3) is 0 Å². The number of nitrogen functional groups attached to an aromatic ring is 1. The van der Waals surface area contributed by atoms with E-state index < -0.39 is 0 Å². The first kappa shape index (κ1) is 11.0. The molecule has 0 atom stereocenters. The van der Waals surface area contributed by atoms with Gasteiger partial charge in [-0.2, -0.15) is 0 Å². The van der Waals surface area contributed by atoms with Crippen molar-refractivity contribution in [3.05, 3.63) is 29.3 Å². The van der Waals surface area contributed by atoms with E-state index >= 15 is 0 Å². The summed E-state index contributed by atoms with van der Waals surface area (Å²) in [5, 5.41) is 0. The Balaban J connectivity index is 2.12. The molecule has 1 aromatic carbocycles. The molecule has 0 aliphatic carbocycles. The first-order valence-electron chi connectivity index (χ1n) is 5.85. The Morgan fingerprint density at radius 2 is 2.25 bits per heavy atom. The van der Waals surface area contributed by atoms with E-state index in [1.54, 1.807) is 0 Å². The Hall–Kier alpha value is -1.51. The van der Waals surface area contributed by atoms with Gasteiger partial charge >= 0.3 is 0 Å². The maximum atomic E-state index is 11.8. The van der Waals surface area contributed by atoms with Crippen molar-refractivity contribution in [2.24, 2.45) is 0 Å². The van der Waals surface area contributed by atoms with E-state index in [1.807, 2.05) is 30.0 Å². The lowest BCUT2D eigenvalue weighted by Gasteiger charge is -2.29. The van der Waals surface area contributed by atoms with Crippen LogP contribution in [0, 0.1) is 0 Å². The number of hydrogen-bond donors (Lipinski definition) is 1. The fourth-order valence-corrected chi connectivity index (χ4v) is 2.16. The zero-order valence-electron chi connectivity index (χ0n) is 9.70. The first-order chi connectivity index (χ1) is 7.70. The molecule has 0 fully saturated rings. The van der Waals surface area contributed by atoms with Crippen molar-refractivity contribution in [1.82, 2.24) is 4.90 Å². The van der Waals surface area contributed by atoms with Gasteiger partial charge in [-0.05, 0) is 36.1 Å². The summed E-state index contributed by atoms with van der Waals surface area (Å²) in [5.41, 5.74) is 9.09. The summed E-state index contributed by atoms with van der Waals surface area (Å²) < 4.78 is 0. The highest BCUT2D eigenvalue weighted by atomic mass is 16.2. The number of benzene rings is 1. The third kappa shape index (κ3) is 2.18. The third-order valence-electron chi connectivity index (χ3n) is 3.06. The summed E-state index contributed by atoms with van der Waals surface area (Å²) in [6.07, 6.45) is 2.50. The Bertz CT molecular complexity index is 401. The molecule has 0 aromatic heterocycles. The molecule has 1 aliphatic heterocycles. The minimum atomic E-state index is 0.268. The molecule has 3 nitrogen and oxygen atoms in total. The maximum absolute atomic E-state index is 11.8. The summed E-state index contributed by atoms with van der Waals surface area (Å²) in [6.45, 7) is 3.61. The van der Waals surface area contributed by atoms with Gasteiger partial charge in [-0.25, -0.2) is 0 Å². The van der Waals surface area contributed by atoms with E-state index in [2.05, 4.69) is 0 Å². The van der Waals surface area contributed by atoms with Crippen LogP contribution in [0.15, 0.2) is 18.2 Å². The van der Waals surface area contributed by atoms with E-state index in [0.29, 0.717) is 6.42 Å². The molecule has 2 rings (SSSR count). The number of nitrogens with two attached hydrogens (primary N) is 1. The molecule has 0 saturated carbocycles. The molecule has 0 radical (unpaired) electrons. The summed E-state index contributed by atoms with van der Waals surface area (Å²) in [4.78, 5) is 13.7. The zero-order valence-corrected chi connectivity index (χ0v) is 9.70. The summed E-state index contributed by atoms with van der Waals surface area (Å²) in [7, 11) is 0. The standard InChI is InChI=1S/C13H18N2O/c1-2-3-13(16)15-7-6-10-8-12(14)5-4-11(10)9-15/h4-5,8H,2-3,6-7,9,14H2,1H3. The minimum Gasteiger partial charge on any atom is -0.399 e. The normalized spacial score (nSPS) is 14.7. The van der Waals surface area contributed by atoms with Crippen molar-refractivity contribution in [3.8, 4) is 0 Å². The van der Waals surface area contributed by atoms with E-state index in [1.165, 1.54) is 11.1 Å². The van der Waals surface area contributed by atoms with Crippen LogP contribution in [0.3, 0.4) is 0 Å². The van der Waals surface area contributed by atoms with Gasteiger partial charge in [0.2, 0.25) is 5.91 Å². The number of fused-ring (bicyclic) bond motifs is 1. The molecule has 1 heterocycles. The highest BCUT2D eigenvalue weighted by molar-refractivity contribution is 5.76. The van der Waals surface area contributed by atoms with Gasteiger partial charge < -0.3 is 10.6 Å². The van der Waals surface area contributed by atoms with E-state index in [0.717, 1.165) is 31.6 Å². The maximum Gasteiger partial charge on any atom is 0.222 e. The van der Waals surface area contributed by atoms with Crippen molar-refractivity contribution in [2.45, 2.75) is 32.7 Å². The molecule has 0 unspecified atom stereocenters. The van der Waals surface area contributed by atoms with Crippen molar-refractivity contribution >= 4 is 11.6 Å². The number of nitrogens with zero attached hydrogens (tertiary/aromatic N) is 1. The second kappa shape index (κ2) is 4.56. The molecule has 1 aliphatic rings. The number of anilines is 1. The fraction of sp³-hybridized carbons (Fsp3) is 0.462.